The van der Waals surface area contributed by atoms with Gasteiger partial charge in [-0.2, -0.15) is 5.48 Å². The van der Waals surface area contributed by atoms with Crippen LogP contribution in [0.15, 0.2) is 0 Å². The predicted octanol–water partition coefficient (Wildman–Crippen LogP) is 0.220. The van der Waals surface area contributed by atoms with Crippen LogP contribution in [0.25, 0.3) is 0 Å². The topological polar surface area (TPSA) is 93.7 Å². The highest BCUT2D eigenvalue weighted by molar-refractivity contribution is 7.95. The second kappa shape index (κ2) is 5.20. The quantitative estimate of drug-likeness (QED) is 0.514. The van der Waals surface area contributed by atoms with E-state index in [0.717, 1.165) is 7.11 Å². The van der Waals surface area contributed by atoms with Crippen molar-refractivity contribution >= 4 is 17.8 Å². The van der Waals surface area contributed by atoms with Crippen LogP contribution in [0.3, 0.4) is 0 Å². The lowest BCUT2D eigenvalue weighted by molar-refractivity contribution is 0.169. The molecule has 0 bridgehead atoms. The summed E-state index contributed by atoms with van der Waals surface area (Å²) in [4.78, 5) is 0. The molecule has 0 spiro atoms. The van der Waals surface area contributed by atoms with E-state index in [9.17, 15) is 13.0 Å². The van der Waals surface area contributed by atoms with Crippen molar-refractivity contribution in [2.45, 2.75) is 19.1 Å². The third-order valence-electron chi connectivity index (χ3n) is 1.31. The van der Waals surface area contributed by atoms with Gasteiger partial charge in [-0.1, -0.05) is 0 Å². The molecule has 0 aromatic carbocycles. The summed E-state index contributed by atoms with van der Waals surface area (Å²) in [6.45, 7) is 2.89. The zero-order valence-corrected chi connectivity index (χ0v) is 10.2. The van der Waals surface area contributed by atoms with Crippen molar-refractivity contribution in [3.63, 3.8) is 0 Å². The molecular formula is C5H15N2O5PS. The maximum absolute atomic E-state index is 11.5. The second-order valence-corrected chi connectivity index (χ2v) is 6.97. The van der Waals surface area contributed by atoms with Crippen LogP contribution in [0.1, 0.15) is 13.8 Å². The first-order valence-corrected chi connectivity index (χ1v) is 6.90. The molecule has 0 fully saturated rings. The normalized spacial score (nSPS) is 16.9. The summed E-state index contributed by atoms with van der Waals surface area (Å²) in [6.07, 6.45) is 0. The molecule has 0 rings (SSSR count). The Bertz CT molecular complexity index is 314. The lowest BCUT2D eigenvalue weighted by Gasteiger charge is -2.17. The molecule has 0 aliphatic heterocycles. The molecule has 1 atom stereocenters. The van der Waals surface area contributed by atoms with E-state index in [0.29, 0.717) is 0 Å². The van der Waals surface area contributed by atoms with Crippen LogP contribution in [0.2, 0.25) is 0 Å². The molecule has 7 nitrogen and oxygen atoms in total. The molecule has 2 N–H and O–H groups in total. The number of sulfonamides is 1. The first-order chi connectivity index (χ1) is 6.27. The lowest BCUT2D eigenvalue weighted by Crippen LogP contribution is -2.30. The summed E-state index contributed by atoms with van der Waals surface area (Å²) in [5.41, 5.74) is 2.11. The highest BCUT2D eigenvalue weighted by Crippen LogP contribution is 2.42. The Morgan fingerprint density at radius 1 is 1.36 bits per heavy atom. The SMILES string of the molecule is CNOP(=O)(NS(=O)(=O)C(C)C)OC. The van der Waals surface area contributed by atoms with E-state index in [2.05, 4.69) is 14.6 Å². The minimum absolute atomic E-state index is 0.716. The Kier molecular flexibility index (Phi) is 5.21. The van der Waals surface area contributed by atoms with Crippen LogP contribution < -0.4 is 9.97 Å². The second-order valence-electron chi connectivity index (χ2n) is 2.66. The minimum Gasteiger partial charge on any atom is -0.299 e. The van der Waals surface area contributed by atoms with E-state index in [4.69, 9.17) is 0 Å². The molecule has 0 amide bonds. The van der Waals surface area contributed by atoms with E-state index < -0.39 is 23.0 Å². The third-order valence-corrected chi connectivity index (χ3v) is 5.37. The van der Waals surface area contributed by atoms with Gasteiger partial charge in [0.15, 0.2) is 0 Å². The van der Waals surface area contributed by atoms with Crippen LogP contribution in [-0.4, -0.2) is 27.8 Å². The van der Waals surface area contributed by atoms with Crippen molar-refractivity contribution in [1.29, 1.82) is 0 Å². The Labute approximate surface area is 83.8 Å². The zero-order chi connectivity index (χ0) is 11.4. The van der Waals surface area contributed by atoms with Crippen LogP contribution >= 0.6 is 7.75 Å². The zero-order valence-electron chi connectivity index (χ0n) is 8.47. The summed E-state index contributed by atoms with van der Waals surface area (Å²) in [7, 11) is -5.09. The average molecular weight is 246 g/mol. The van der Waals surface area contributed by atoms with Crippen molar-refractivity contribution in [3.05, 3.63) is 0 Å². The summed E-state index contributed by atoms with van der Waals surface area (Å²) in [5, 5.41) is -0.716. The Hall–Kier alpha value is 0.0200. The molecule has 0 aliphatic rings. The van der Waals surface area contributed by atoms with Gasteiger partial charge in [0.05, 0.1) is 5.25 Å². The minimum atomic E-state index is -3.82. The van der Waals surface area contributed by atoms with Crippen LogP contribution in [0, 0.1) is 0 Å². The van der Waals surface area contributed by atoms with Gasteiger partial charge in [0.25, 0.3) is 0 Å². The van der Waals surface area contributed by atoms with E-state index in [1.807, 2.05) is 4.49 Å². The molecule has 0 radical (unpaired) electrons. The van der Waals surface area contributed by atoms with Gasteiger partial charge in [0.2, 0.25) is 10.0 Å². The van der Waals surface area contributed by atoms with Crippen molar-refractivity contribution in [1.82, 2.24) is 9.97 Å². The predicted molar refractivity (Wildman–Crippen MR) is 52.0 cm³/mol. The highest BCUT2D eigenvalue weighted by atomic mass is 32.2. The fourth-order valence-electron chi connectivity index (χ4n) is 0.475. The monoisotopic (exact) mass is 246 g/mol. The fourth-order valence-corrected chi connectivity index (χ4v) is 3.33. The largest absolute Gasteiger partial charge is 0.435 e. The first-order valence-electron chi connectivity index (χ1n) is 3.81. The molecule has 14 heavy (non-hydrogen) atoms. The molecule has 0 aromatic heterocycles. The van der Waals surface area contributed by atoms with Gasteiger partial charge >= 0.3 is 7.75 Å². The standard InChI is InChI=1S/C5H15N2O5PS/c1-5(2)14(9,10)7-13(8,11-4)12-6-3/h5-6H,1-4H3,(H,7,8). The van der Waals surface area contributed by atoms with E-state index in [-0.39, 0.29) is 0 Å². The van der Waals surface area contributed by atoms with Gasteiger partial charge in [-0.3, -0.25) is 4.52 Å². The maximum Gasteiger partial charge on any atom is 0.435 e. The van der Waals surface area contributed by atoms with Gasteiger partial charge in [-0.15, -0.1) is 4.49 Å². The van der Waals surface area contributed by atoms with Gasteiger partial charge in [0, 0.05) is 14.2 Å². The lowest BCUT2D eigenvalue weighted by atomic mass is 10.6. The molecule has 1 unspecified atom stereocenters. The molecule has 0 saturated carbocycles. The molecule has 0 saturated heterocycles. The van der Waals surface area contributed by atoms with E-state index >= 15 is 0 Å². The number of nitrogens with one attached hydrogen (secondary N) is 2. The number of rotatable bonds is 6. The van der Waals surface area contributed by atoms with Gasteiger partial charge in [-0.25, -0.2) is 17.6 Å². The van der Waals surface area contributed by atoms with Crippen molar-refractivity contribution in [3.8, 4) is 0 Å². The van der Waals surface area contributed by atoms with Gasteiger partial charge in [-0.05, 0) is 13.8 Å². The summed E-state index contributed by atoms with van der Waals surface area (Å²) >= 11 is 0. The van der Waals surface area contributed by atoms with Crippen LogP contribution in [0.4, 0.5) is 0 Å². The Balaban J connectivity index is 4.72. The van der Waals surface area contributed by atoms with Crippen LogP contribution in [-0.2, 0) is 23.7 Å². The maximum atomic E-state index is 11.5. The Morgan fingerprint density at radius 3 is 2.14 bits per heavy atom. The fraction of sp³-hybridized carbons (Fsp3) is 1.00. The van der Waals surface area contributed by atoms with Gasteiger partial charge in [0.1, 0.15) is 0 Å². The smallest absolute Gasteiger partial charge is 0.299 e. The highest BCUT2D eigenvalue weighted by Gasteiger charge is 2.31. The molecule has 0 heterocycles. The molecule has 9 heteroatoms. The van der Waals surface area contributed by atoms with E-state index in [1.165, 1.54) is 20.9 Å². The summed E-state index contributed by atoms with van der Waals surface area (Å²) in [6, 6.07) is 0. The van der Waals surface area contributed by atoms with Gasteiger partial charge < -0.3 is 0 Å². The third kappa shape index (κ3) is 4.04. The van der Waals surface area contributed by atoms with Crippen LogP contribution in [0.5, 0.6) is 0 Å². The van der Waals surface area contributed by atoms with Crippen molar-refractivity contribution in [2.75, 3.05) is 14.2 Å². The summed E-state index contributed by atoms with van der Waals surface area (Å²) < 4.78 is 44.9. The number of hydrogen-bond donors (Lipinski definition) is 2. The molecular weight excluding hydrogens is 231 g/mol. The summed E-state index contributed by atoms with van der Waals surface area (Å²) in [5.74, 6) is 0. The molecule has 0 aliphatic carbocycles. The molecule has 86 valence electrons. The van der Waals surface area contributed by atoms with Crippen molar-refractivity contribution < 1.29 is 22.1 Å². The number of hydrogen-bond acceptors (Lipinski definition) is 6. The average Bonchev–Trinajstić information content (AvgIpc) is 2.03. The van der Waals surface area contributed by atoms with Crippen molar-refractivity contribution in [2.24, 2.45) is 0 Å². The van der Waals surface area contributed by atoms with E-state index in [1.54, 1.807) is 0 Å². The Morgan fingerprint density at radius 2 is 1.86 bits per heavy atom. The first kappa shape index (κ1) is 14.0. The molecule has 0 aromatic rings. The number of hydroxylamine groups is 1.